The molecule has 4 rings (SSSR count). The van der Waals surface area contributed by atoms with Gasteiger partial charge < -0.3 is 24.7 Å². The van der Waals surface area contributed by atoms with E-state index in [1.807, 2.05) is 32.0 Å². The van der Waals surface area contributed by atoms with Gasteiger partial charge in [0.05, 0.1) is 30.1 Å². The van der Waals surface area contributed by atoms with E-state index in [0.717, 1.165) is 12.8 Å². The van der Waals surface area contributed by atoms with Crippen LogP contribution in [0.3, 0.4) is 0 Å². The molecule has 7 atom stereocenters. The molecule has 3 fully saturated rings. The molecule has 1 spiro atoms. The van der Waals surface area contributed by atoms with Crippen LogP contribution >= 0.6 is 0 Å². The van der Waals surface area contributed by atoms with Crippen LogP contribution in [0.15, 0.2) is 43.0 Å². The summed E-state index contributed by atoms with van der Waals surface area (Å²) in [5.74, 6) is -3.87. The smallest absolute Gasteiger partial charge is 0.310 e. The van der Waals surface area contributed by atoms with Gasteiger partial charge in [-0.25, -0.2) is 0 Å². The first-order chi connectivity index (χ1) is 16.7. The van der Waals surface area contributed by atoms with Crippen LogP contribution in [0.2, 0.25) is 0 Å². The second-order valence-corrected chi connectivity index (χ2v) is 10.3. The number of fused-ring (bicyclic) bond motifs is 1. The lowest BCUT2D eigenvalue weighted by Crippen LogP contribution is -2.58. The van der Waals surface area contributed by atoms with Crippen molar-refractivity contribution in [2.45, 2.75) is 75.8 Å². The summed E-state index contributed by atoms with van der Waals surface area (Å²) in [4.78, 5) is 44.0. The number of likely N-dealkylation sites (tertiary alicyclic amines) is 1. The standard InChI is InChI=1S/C27H36N2O6/c1-5-10-17(3)28(15-6-2)24(32)22-27-14-13-26(4,35-27)21(25(33)34)20(27)23(31)29(22)19(16-30)18-11-8-7-9-12-18/h6-9,11-12,17,19-22,30H,2,5,10,13-16H2,1,3-4H3,(H,33,34)/t17?,19-,20+,21-,22?,26+,27?/m1/s1. The quantitative estimate of drug-likeness (QED) is 0.495. The first kappa shape index (κ1) is 25.4. The summed E-state index contributed by atoms with van der Waals surface area (Å²) >= 11 is 0. The molecule has 0 aliphatic carbocycles. The van der Waals surface area contributed by atoms with Crippen molar-refractivity contribution in [1.29, 1.82) is 0 Å². The third kappa shape index (κ3) is 3.78. The van der Waals surface area contributed by atoms with E-state index in [1.54, 1.807) is 30.0 Å². The Labute approximate surface area is 206 Å². The first-order valence-electron chi connectivity index (χ1n) is 12.5. The first-order valence-corrected chi connectivity index (χ1v) is 12.5. The molecule has 3 saturated heterocycles. The zero-order chi connectivity index (χ0) is 25.5. The van der Waals surface area contributed by atoms with Crippen LogP contribution in [0, 0.1) is 11.8 Å². The minimum absolute atomic E-state index is 0.105. The third-order valence-electron chi connectivity index (χ3n) is 8.25. The molecule has 8 heteroatoms. The minimum atomic E-state index is -1.25. The van der Waals surface area contributed by atoms with Crippen molar-refractivity contribution >= 4 is 17.8 Å². The number of carbonyl (C=O) groups is 3. The van der Waals surface area contributed by atoms with Crippen molar-refractivity contribution in [1.82, 2.24) is 9.80 Å². The third-order valence-corrected chi connectivity index (χ3v) is 8.25. The zero-order valence-electron chi connectivity index (χ0n) is 20.7. The van der Waals surface area contributed by atoms with Crippen LogP contribution < -0.4 is 0 Å². The fourth-order valence-corrected chi connectivity index (χ4v) is 6.74. The number of aliphatic hydroxyl groups is 1. The number of aliphatic hydroxyl groups excluding tert-OH is 1. The van der Waals surface area contributed by atoms with Crippen LogP contribution in [-0.4, -0.2) is 74.2 Å². The molecule has 0 aromatic heterocycles. The SMILES string of the molecule is C=CCN(C(=O)C1N([C@H](CO)c2ccccc2)C(=O)[C@@H]2[C@H](C(=O)O)[C@]3(C)CCC12O3)C(C)CCC. The predicted molar refractivity (Wildman–Crippen MR) is 129 cm³/mol. The van der Waals surface area contributed by atoms with Crippen LogP contribution in [-0.2, 0) is 19.1 Å². The average Bonchev–Trinajstić information content (AvgIpc) is 3.39. The second kappa shape index (κ2) is 9.39. The van der Waals surface area contributed by atoms with Gasteiger partial charge in [-0.1, -0.05) is 49.8 Å². The van der Waals surface area contributed by atoms with Crippen LogP contribution in [0.1, 0.15) is 58.1 Å². The Kier molecular flexibility index (Phi) is 6.81. The highest BCUT2D eigenvalue weighted by Crippen LogP contribution is 2.64. The Bertz CT molecular complexity index is 999. The van der Waals surface area contributed by atoms with E-state index < -0.39 is 53.6 Å². The largest absolute Gasteiger partial charge is 0.481 e. The Morgan fingerprint density at radius 1 is 1.31 bits per heavy atom. The van der Waals surface area contributed by atoms with Gasteiger partial charge in [0.2, 0.25) is 11.8 Å². The Morgan fingerprint density at radius 3 is 2.57 bits per heavy atom. The monoisotopic (exact) mass is 484 g/mol. The van der Waals surface area contributed by atoms with E-state index in [0.29, 0.717) is 24.9 Å². The summed E-state index contributed by atoms with van der Waals surface area (Å²) < 4.78 is 6.48. The topological polar surface area (TPSA) is 107 Å². The summed E-state index contributed by atoms with van der Waals surface area (Å²) in [7, 11) is 0. The number of carboxylic acid groups (broad SMARTS) is 1. The van der Waals surface area contributed by atoms with Crippen molar-refractivity contribution in [2.24, 2.45) is 11.8 Å². The highest BCUT2D eigenvalue weighted by atomic mass is 16.5. The van der Waals surface area contributed by atoms with Crippen LogP contribution in [0.4, 0.5) is 0 Å². The fourth-order valence-electron chi connectivity index (χ4n) is 6.74. The van der Waals surface area contributed by atoms with Crippen molar-refractivity contribution in [2.75, 3.05) is 13.2 Å². The number of hydrogen-bond acceptors (Lipinski definition) is 5. The number of carboxylic acids is 1. The van der Waals surface area contributed by atoms with Crippen molar-refractivity contribution in [3.8, 4) is 0 Å². The zero-order valence-corrected chi connectivity index (χ0v) is 20.7. The van der Waals surface area contributed by atoms with E-state index in [1.165, 1.54) is 4.90 Å². The molecule has 2 N–H and O–H groups in total. The van der Waals surface area contributed by atoms with Gasteiger partial charge >= 0.3 is 5.97 Å². The highest BCUT2D eigenvalue weighted by Gasteiger charge is 2.79. The lowest BCUT2D eigenvalue weighted by Gasteiger charge is -2.41. The fraction of sp³-hybridized carbons (Fsp3) is 0.593. The lowest BCUT2D eigenvalue weighted by molar-refractivity contribution is -0.159. The number of amides is 2. The van der Waals surface area contributed by atoms with Gasteiger partial charge in [0.1, 0.15) is 11.6 Å². The molecular formula is C27H36N2O6. The molecule has 1 aromatic carbocycles. The Balaban J connectivity index is 1.87. The second-order valence-electron chi connectivity index (χ2n) is 10.3. The normalized spacial score (nSPS) is 32.9. The summed E-state index contributed by atoms with van der Waals surface area (Å²) in [5, 5.41) is 20.6. The van der Waals surface area contributed by atoms with E-state index in [4.69, 9.17) is 4.74 Å². The van der Waals surface area contributed by atoms with Gasteiger partial charge in [0, 0.05) is 12.6 Å². The van der Waals surface area contributed by atoms with E-state index in [2.05, 4.69) is 6.58 Å². The van der Waals surface area contributed by atoms with Gasteiger partial charge in [-0.3, -0.25) is 14.4 Å². The lowest BCUT2D eigenvalue weighted by atomic mass is 9.66. The molecule has 8 nitrogen and oxygen atoms in total. The highest BCUT2D eigenvalue weighted by molar-refractivity contribution is 5.98. The molecule has 0 radical (unpaired) electrons. The average molecular weight is 485 g/mol. The molecular weight excluding hydrogens is 448 g/mol. The number of nitrogens with zero attached hydrogens (tertiary/aromatic N) is 2. The summed E-state index contributed by atoms with van der Waals surface area (Å²) in [6.07, 6.45) is 4.17. The maximum atomic E-state index is 14.3. The minimum Gasteiger partial charge on any atom is -0.481 e. The number of rotatable bonds is 10. The number of aliphatic carboxylic acids is 1. The number of ether oxygens (including phenoxy) is 1. The summed E-state index contributed by atoms with van der Waals surface area (Å²) in [6, 6.07) is 7.12. The Hall–Kier alpha value is -2.71. The van der Waals surface area contributed by atoms with Crippen LogP contribution in [0.25, 0.3) is 0 Å². The van der Waals surface area contributed by atoms with E-state index >= 15 is 0 Å². The van der Waals surface area contributed by atoms with E-state index in [-0.39, 0.29) is 11.9 Å². The molecule has 2 bridgehead atoms. The van der Waals surface area contributed by atoms with Crippen molar-refractivity contribution in [3.05, 3.63) is 48.6 Å². The molecule has 0 saturated carbocycles. The van der Waals surface area contributed by atoms with Gasteiger partial charge in [-0.15, -0.1) is 6.58 Å². The maximum Gasteiger partial charge on any atom is 0.310 e. The summed E-state index contributed by atoms with van der Waals surface area (Å²) in [5.41, 5.74) is -1.59. The van der Waals surface area contributed by atoms with Gasteiger partial charge in [0.15, 0.2) is 0 Å². The number of carbonyl (C=O) groups excluding carboxylic acids is 2. The van der Waals surface area contributed by atoms with E-state index in [9.17, 15) is 24.6 Å². The van der Waals surface area contributed by atoms with Crippen molar-refractivity contribution in [3.63, 3.8) is 0 Å². The number of hydrogen-bond donors (Lipinski definition) is 2. The molecule has 2 amide bonds. The molecule has 3 heterocycles. The predicted octanol–water partition coefficient (Wildman–Crippen LogP) is 2.77. The molecule has 1 aromatic rings. The molecule has 190 valence electrons. The molecule has 3 aliphatic heterocycles. The molecule has 3 aliphatic rings. The van der Waals surface area contributed by atoms with Gasteiger partial charge in [0.25, 0.3) is 0 Å². The van der Waals surface area contributed by atoms with Gasteiger partial charge in [-0.05, 0) is 38.7 Å². The molecule has 3 unspecified atom stereocenters. The Morgan fingerprint density at radius 2 is 2.00 bits per heavy atom. The van der Waals surface area contributed by atoms with Gasteiger partial charge in [-0.2, -0.15) is 0 Å². The molecule has 35 heavy (non-hydrogen) atoms. The number of benzene rings is 1. The van der Waals surface area contributed by atoms with Crippen molar-refractivity contribution < 1.29 is 29.3 Å². The maximum absolute atomic E-state index is 14.3. The summed E-state index contributed by atoms with van der Waals surface area (Å²) in [6.45, 7) is 9.47. The van der Waals surface area contributed by atoms with Crippen LogP contribution in [0.5, 0.6) is 0 Å².